The summed E-state index contributed by atoms with van der Waals surface area (Å²) >= 11 is 0. The largest absolute Gasteiger partial charge is 0.392 e. The first-order valence-corrected chi connectivity index (χ1v) is 4.39. The predicted molar refractivity (Wildman–Crippen MR) is 53.7 cm³/mol. The summed E-state index contributed by atoms with van der Waals surface area (Å²) in [4.78, 5) is 0. The summed E-state index contributed by atoms with van der Waals surface area (Å²) < 4.78 is 1.70. The Morgan fingerprint density at radius 1 is 1.57 bits per heavy atom. The van der Waals surface area contributed by atoms with Gasteiger partial charge in [-0.3, -0.25) is 0 Å². The van der Waals surface area contributed by atoms with Crippen molar-refractivity contribution in [2.45, 2.75) is 6.92 Å². The van der Waals surface area contributed by atoms with Gasteiger partial charge in [0.25, 0.3) is 0 Å². The van der Waals surface area contributed by atoms with Crippen molar-refractivity contribution in [3.8, 4) is 0 Å². The fourth-order valence-electron chi connectivity index (χ4n) is 1.24. The number of nitrogens with zero attached hydrogens (tertiary/aromatic N) is 3. The fourth-order valence-corrected chi connectivity index (χ4v) is 1.24. The average Bonchev–Trinajstić information content (AvgIpc) is 2.62. The van der Waals surface area contributed by atoms with E-state index in [0.717, 1.165) is 16.8 Å². The molecule has 72 valence electrons. The zero-order valence-corrected chi connectivity index (χ0v) is 7.88. The Labute approximate surface area is 81.5 Å². The first-order chi connectivity index (χ1) is 6.81. The number of rotatable bonds is 2. The van der Waals surface area contributed by atoms with E-state index in [1.165, 1.54) is 0 Å². The Bertz CT molecular complexity index is 473. The third kappa shape index (κ3) is 1.52. The van der Waals surface area contributed by atoms with Crippen LogP contribution in [-0.2, 0) is 0 Å². The Kier molecular flexibility index (Phi) is 2.28. The first-order valence-electron chi connectivity index (χ1n) is 4.39. The lowest BCUT2D eigenvalue weighted by atomic mass is 10.2. The van der Waals surface area contributed by atoms with Crippen molar-refractivity contribution in [3.63, 3.8) is 0 Å². The van der Waals surface area contributed by atoms with Crippen molar-refractivity contribution in [2.24, 2.45) is 0 Å². The molecule has 0 amide bonds. The molecule has 4 nitrogen and oxygen atoms in total. The molecule has 4 heteroatoms. The summed E-state index contributed by atoms with van der Waals surface area (Å²) in [6.45, 7) is 1.90. The van der Waals surface area contributed by atoms with Gasteiger partial charge in [-0.05, 0) is 30.7 Å². The lowest BCUT2D eigenvalue weighted by Crippen LogP contribution is -1.85. The number of fused-ring (bicyclic) bond motifs is 1. The quantitative estimate of drug-likeness (QED) is 0.770. The molecular weight excluding hydrogens is 178 g/mol. The van der Waals surface area contributed by atoms with E-state index in [1.807, 2.05) is 37.4 Å². The molecule has 2 rings (SSSR count). The summed E-state index contributed by atoms with van der Waals surface area (Å²) in [6, 6.07) is 5.77. The summed E-state index contributed by atoms with van der Waals surface area (Å²) in [7, 11) is 0. The van der Waals surface area contributed by atoms with Crippen molar-refractivity contribution < 1.29 is 5.11 Å². The Morgan fingerprint density at radius 3 is 3.21 bits per heavy atom. The Morgan fingerprint density at radius 2 is 2.43 bits per heavy atom. The van der Waals surface area contributed by atoms with E-state index in [0.29, 0.717) is 0 Å². The van der Waals surface area contributed by atoms with Crippen LogP contribution in [0.2, 0.25) is 0 Å². The number of aliphatic hydroxyl groups is 1. The van der Waals surface area contributed by atoms with E-state index < -0.39 is 0 Å². The minimum Gasteiger partial charge on any atom is -0.392 e. The maximum absolute atomic E-state index is 8.88. The van der Waals surface area contributed by atoms with Gasteiger partial charge in [-0.2, -0.15) is 0 Å². The summed E-state index contributed by atoms with van der Waals surface area (Å²) in [5.74, 6) is 0. The smallest absolute Gasteiger partial charge is 0.113 e. The maximum Gasteiger partial charge on any atom is 0.113 e. The van der Waals surface area contributed by atoms with Gasteiger partial charge in [0.15, 0.2) is 0 Å². The molecule has 0 unspecified atom stereocenters. The molecule has 0 saturated heterocycles. The highest BCUT2D eigenvalue weighted by molar-refractivity contribution is 5.66. The number of aromatic nitrogens is 3. The van der Waals surface area contributed by atoms with Crippen LogP contribution < -0.4 is 0 Å². The highest BCUT2D eigenvalue weighted by atomic mass is 16.3. The topological polar surface area (TPSA) is 50.4 Å². The molecule has 0 aliphatic carbocycles. The van der Waals surface area contributed by atoms with Crippen LogP contribution in [0.4, 0.5) is 0 Å². The molecule has 14 heavy (non-hydrogen) atoms. The molecular formula is C10H11N3O. The monoisotopic (exact) mass is 189 g/mol. The van der Waals surface area contributed by atoms with Gasteiger partial charge in [-0.25, -0.2) is 4.52 Å². The van der Waals surface area contributed by atoms with Crippen LogP contribution in [0.1, 0.15) is 12.6 Å². The van der Waals surface area contributed by atoms with Gasteiger partial charge in [0.05, 0.1) is 12.1 Å². The zero-order valence-electron chi connectivity index (χ0n) is 7.88. The molecule has 0 spiro atoms. The standard InChI is InChI=1S/C10H11N3O/c1-8(7-14)6-9-10-4-2-3-5-13(10)12-11-9/h2-6,14H,7H2,1H3/b8-6-. The molecule has 0 bridgehead atoms. The molecule has 2 heterocycles. The summed E-state index contributed by atoms with van der Waals surface area (Å²) in [6.07, 6.45) is 3.68. The molecule has 0 aromatic carbocycles. The lowest BCUT2D eigenvalue weighted by Gasteiger charge is -1.92. The van der Waals surface area contributed by atoms with Gasteiger partial charge < -0.3 is 5.11 Å². The van der Waals surface area contributed by atoms with Crippen molar-refractivity contribution >= 4 is 11.6 Å². The van der Waals surface area contributed by atoms with Crippen LogP contribution in [0.15, 0.2) is 30.0 Å². The predicted octanol–water partition coefficient (Wildman–Crippen LogP) is 1.12. The highest BCUT2D eigenvalue weighted by Crippen LogP contribution is 2.10. The van der Waals surface area contributed by atoms with Crippen molar-refractivity contribution in [1.29, 1.82) is 0 Å². The lowest BCUT2D eigenvalue weighted by molar-refractivity contribution is 0.332. The molecule has 0 aliphatic heterocycles. The van der Waals surface area contributed by atoms with Crippen LogP contribution >= 0.6 is 0 Å². The van der Waals surface area contributed by atoms with E-state index in [-0.39, 0.29) is 6.61 Å². The maximum atomic E-state index is 8.88. The van der Waals surface area contributed by atoms with E-state index in [1.54, 1.807) is 4.52 Å². The second-order valence-corrected chi connectivity index (χ2v) is 3.15. The van der Waals surface area contributed by atoms with Crippen LogP contribution in [-0.4, -0.2) is 26.5 Å². The van der Waals surface area contributed by atoms with Crippen molar-refractivity contribution in [3.05, 3.63) is 35.7 Å². The van der Waals surface area contributed by atoms with Gasteiger partial charge in [0.2, 0.25) is 0 Å². The van der Waals surface area contributed by atoms with Crippen LogP contribution in [0.5, 0.6) is 0 Å². The Balaban J connectivity index is 2.53. The molecule has 0 radical (unpaired) electrons. The van der Waals surface area contributed by atoms with Gasteiger partial charge in [0, 0.05) is 6.20 Å². The average molecular weight is 189 g/mol. The van der Waals surface area contributed by atoms with Crippen molar-refractivity contribution in [1.82, 2.24) is 14.8 Å². The first kappa shape index (κ1) is 8.90. The minimum atomic E-state index is 0.0475. The van der Waals surface area contributed by atoms with E-state index >= 15 is 0 Å². The van der Waals surface area contributed by atoms with Gasteiger partial charge in [-0.15, -0.1) is 5.10 Å². The molecule has 1 N–H and O–H groups in total. The molecule has 2 aromatic rings. The second kappa shape index (κ2) is 3.59. The third-order valence-electron chi connectivity index (χ3n) is 1.98. The molecule has 0 fully saturated rings. The summed E-state index contributed by atoms with van der Waals surface area (Å²) in [5.41, 5.74) is 2.61. The SMILES string of the molecule is C/C(=C/c1nnn2ccccc12)CO. The molecule has 0 atom stereocenters. The molecule has 0 saturated carbocycles. The van der Waals surface area contributed by atoms with Gasteiger partial charge in [0.1, 0.15) is 5.69 Å². The number of hydrogen-bond donors (Lipinski definition) is 1. The highest BCUT2D eigenvalue weighted by Gasteiger charge is 2.01. The van der Waals surface area contributed by atoms with Crippen LogP contribution in [0.25, 0.3) is 11.6 Å². The third-order valence-corrected chi connectivity index (χ3v) is 1.98. The second-order valence-electron chi connectivity index (χ2n) is 3.15. The fraction of sp³-hybridized carbons (Fsp3) is 0.200. The Hall–Kier alpha value is -1.68. The summed E-state index contributed by atoms with van der Waals surface area (Å²) in [5, 5.41) is 16.8. The van der Waals surface area contributed by atoms with Gasteiger partial charge in [-0.1, -0.05) is 11.3 Å². The van der Waals surface area contributed by atoms with Crippen LogP contribution in [0, 0.1) is 0 Å². The number of pyridine rings is 1. The van der Waals surface area contributed by atoms with Crippen LogP contribution in [0.3, 0.4) is 0 Å². The number of hydrogen-bond acceptors (Lipinski definition) is 3. The van der Waals surface area contributed by atoms with E-state index in [4.69, 9.17) is 5.11 Å². The van der Waals surface area contributed by atoms with Gasteiger partial charge >= 0.3 is 0 Å². The van der Waals surface area contributed by atoms with E-state index in [9.17, 15) is 0 Å². The van der Waals surface area contributed by atoms with Crippen molar-refractivity contribution in [2.75, 3.05) is 6.61 Å². The number of aliphatic hydroxyl groups excluding tert-OH is 1. The zero-order chi connectivity index (χ0) is 9.97. The minimum absolute atomic E-state index is 0.0475. The molecule has 0 aliphatic rings. The van der Waals surface area contributed by atoms with E-state index in [2.05, 4.69) is 10.3 Å². The normalized spacial score (nSPS) is 12.3. The molecule has 2 aromatic heterocycles.